The number of hydrogen-bond donors (Lipinski definition) is 1. The molecular formula is C11H14N2O3. The Kier molecular flexibility index (Phi) is 2.94. The monoisotopic (exact) mass is 222 g/mol. The topological polar surface area (TPSA) is 64.4 Å². The maximum absolute atomic E-state index is 10.7. The summed E-state index contributed by atoms with van der Waals surface area (Å²) >= 11 is 0. The molecule has 1 saturated carbocycles. The van der Waals surface area contributed by atoms with E-state index in [1.54, 1.807) is 12.1 Å². The second-order valence-electron chi connectivity index (χ2n) is 3.82. The standard InChI is InChI=1S/C11H14N2O3/c1-2-16-11-6-9(12-8-3-4-8)5-10(7-11)13(14)15/h5-8,12H,2-4H2,1H3. The molecule has 1 N–H and O–H groups in total. The maximum atomic E-state index is 10.7. The molecule has 1 aromatic rings. The molecule has 1 aliphatic carbocycles. The fourth-order valence-corrected chi connectivity index (χ4v) is 1.49. The van der Waals surface area contributed by atoms with Gasteiger partial charge in [0.15, 0.2) is 0 Å². The quantitative estimate of drug-likeness (QED) is 0.614. The van der Waals surface area contributed by atoms with Crippen LogP contribution in [0.1, 0.15) is 19.8 Å². The SMILES string of the molecule is CCOc1cc(NC2CC2)cc([N+](=O)[O-])c1. The van der Waals surface area contributed by atoms with Crippen molar-refractivity contribution < 1.29 is 9.66 Å². The highest BCUT2D eigenvalue weighted by atomic mass is 16.6. The van der Waals surface area contributed by atoms with Crippen molar-refractivity contribution in [1.82, 2.24) is 0 Å². The lowest BCUT2D eigenvalue weighted by Gasteiger charge is -2.08. The van der Waals surface area contributed by atoms with E-state index in [-0.39, 0.29) is 5.69 Å². The summed E-state index contributed by atoms with van der Waals surface area (Å²) in [7, 11) is 0. The van der Waals surface area contributed by atoms with Crippen LogP contribution in [0.4, 0.5) is 11.4 Å². The third kappa shape index (κ3) is 2.62. The Bertz CT molecular complexity index is 402. The lowest BCUT2D eigenvalue weighted by molar-refractivity contribution is -0.384. The van der Waals surface area contributed by atoms with Gasteiger partial charge in [0.25, 0.3) is 5.69 Å². The molecule has 0 unspecified atom stereocenters. The zero-order chi connectivity index (χ0) is 11.5. The van der Waals surface area contributed by atoms with Crippen molar-refractivity contribution in [3.05, 3.63) is 28.3 Å². The van der Waals surface area contributed by atoms with Crippen molar-refractivity contribution in [3.63, 3.8) is 0 Å². The minimum atomic E-state index is -0.402. The Morgan fingerprint density at radius 1 is 1.50 bits per heavy atom. The van der Waals surface area contributed by atoms with E-state index in [9.17, 15) is 10.1 Å². The van der Waals surface area contributed by atoms with E-state index in [4.69, 9.17) is 4.74 Å². The van der Waals surface area contributed by atoms with Gasteiger partial charge in [-0.1, -0.05) is 0 Å². The molecule has 1 fully saturated rings. The van der Waals surface area contributed by atoms with Crippen molar-refractivity contribution in [1.29, 1.82) is 0 Å². The molecule has 1 aromatic carbocycles. The average Bonchev–Trinajstić information content (AvgIpc) is 3.01. The van der Waals surface area contributed by atoms with Gasteiger partial charge in [-0.15, -0.1) is 0 Å². The van der Waals surface area contributed by atoms with E-state index in [0.717, 1.165) is 18.5 Å². The van der Waals surface area contributed by atoms with Gasteiger partial charge in [-0.25, -0.2) is 0 Å². The molecule has 2 rings (SSSR count). The predicted octanol–water partition coefficient (Wildman–Crippen LogP) is 2.57. The zero-order valence-electron chi connectivity index (χ0n) is 9.10. The Hall–Kier alpha value is -1.78. The molecule has 86 valence electrons. The fourth-order valence-electron chi connectivity index (χ4n) is 1.49. The molecule has 5 nitrogen and oxygen atoms in total. The molecule has 0 bridgehead atoms. The molecule has 0 heterocycles. The minimum absolute atomic E-state index is 0.0640. The van der Waals surface area contributed by atoms with Crippen molar-refractivity contribution in [2.45, 2.75) is 25.8 Å². The first-order valence-electron chi connectivity index (χ1n) is 5.38. The van der Waals surface area contributed by atoms with Crippen LogP contribution in [-0.2, 0) is 0 Å². The Balaban J connectivity index is 2.23. The summed E-state index contributed by atoms with van der Waals surface area (Å²) in [6.45, 7) is 2.36. The highest BCUT2D eigenvalue weighted by molar-refractivity contribution is 5.57. The van der Waals surface area contributed by atoms with E-state index in [1.807, 2.05) is 6.92 Å². The van der Waals surface area contributed by atoms with Crippen molar-refractivity contribution in [3.8, 4) is 5.75 Å². The molecule has 0 amide bonds. The highest BCUT2D eigenvalue weighted by Gasteiger charge is 2.22. The molecule has 0 spiro atoms. The number of non-ortho nitro benzene ring substituents is 1. The Labute approximate surface area is 93.6 Å². The molecule has 16 heavy (non-hydrogen) atoms. The highest BCUT2D eigenvalue weighted by Crippen LogP contribution is 2.30. The average molecular weight is 222 g/mol. The molecule has 5 heteroatoms. The Morgan fingerprint density at radius 3 is 2.81 bits per heavy atom. The molecule has 0 radical (unpaired) electrons. The van der Waals surface area contributed by atoms with Crippen LogP contribution < -0.4 is 10.1 Å². The summed E-state index contributed by atoms with van der Waals surface area (Å²) < 4.78 is 5.29. The van der Waals surface area contributed by atoms with Crippen LogP contribution in [0.25, 0.3) is 0 Å². The maximum Gasteiger partial charge on any atom is 0.275 e. The van der Waals surface area contributed by atoms with Gasteiger partial charge in [0.1, 0.15) is 5.75 Å². The fraction of sp³-hybridized carbons (Fsp3) is 0.455. The third-order valence-electron chi connectivity index (χ3n) is 2.36. The third-order valence-corrected chi connectivity index (χ3v) is 2.36. The van der Waals surface area contributed by atoms with Gasteiger partial charge in [0, 0.05) is 23.9 Å². The lowest BCUT2D eigenvalue weighted by atomic mass is 10.2. The van der Waals surface area contributed by atoms with E-state index >= 15 is 0 Å². The number of benzene rings is 1. The van der Waals surface area contributed by atoms with Crippen LogP contribution in [0.5, 0.6) is 5.75 Å². The van der Waals surface area contributed by atoms with Gasteiger partial charge in [-0.05, 0) is 19.8 Å². The summed E-state index contributed by atoms with van der Waals surface area (Å²) in [6.07, 6.45) is 2.26. The second-order valence-corrected chi connectivity index (χ2v) is 3.82. The number of rotatable bonds is 5. The summed E-state index contributed by atoms with van der Waals surface area (Å²) in [6, 6.07) is 5.26. The molecule has 1 aliphatic rings. The number of ether oxygens (including phenoxy) is 1. The van der Waals surface area contributed by atoms with Crippen molar-refractivity contribution in [2.24, 2.45) is 0 Å². The lowest BCUT2D eigenvalue weighted by Crippen LogP contribution is -2.02. The van der Waals surface area contributed by atoms with Gasteiger partial charge in [-0.2, -0.15) is 0 Å². The summed E-state index contributed by atoms with van der Waals surface area (Å²) in [5.41, 5.74) is 0.828. The van der Waals surface area contributed by atoms with Gasteiger partial charge in [0.2, 0.25) is 0 Å². The first-order valence-corrected chi connectivity index (χ1v) is 5.38. The smallest absolute Gasteiger partial charge is 0.275 e. The van der Waals surface area contributed by atoms with E-state index < -0.39 is 4.92 Å². The van der Waals surface area contributed by atoms with Gasteiger partial charge >= 0.3 is 0 Å². The summed E-state index contributed by atoms with van der Waals surface area (Å²) in [5.74, 6) is 0.542. The number of nitrogens with zero attached hydrogens (tertiary/aromatic N) is 1. The van der Waals surface area contributed by atoms with Crippen LogP contribution in [0.2, 0.25) is 0 Å². The van der Waals surface area contributed by atoms with Crippen molar-refractivity contribution in [2.75, 3.05) is 11.9 Å². The van der Waals surface area contributed by atoms with E-state index in [2.05, 4.69) is 5.32 Å². The van der Waals surface area contributed by atoms with Gasteiger partial charge in [0.05, 0.1) is 17.6 Å². The van der Waals surface area contributed by atoms with E-state index in [1.165, 1.54) is 6.07 Å². The second kappa shape index (κ2) is 4.38. The number of nitro benzene ring substituents is 1. The normalized spacial score (nSPS) is 14.6. The number of hydrogen-bond acceptors (Lipinski definition) is 4. The molecule has 0 atom stereocenters. The first-order chi connectivity index (χ1) is 7.69. The minimum Gasteiger partial charge on any atom is -0.494 e. The molecular weight excluding hydrogens is 208 g/mol. The number of nitrogens with one attached hydrogen (secondary N) is 1. The number of nitro groups is 1. The van der Waals surface area contributed by atoms with Gasteiger partial charge < -0.3 is 10.1 Å². The molecule has 0 saturated heterocycles. The Morgan fingerprint density at radius 2 is 2.25 bits per heavy atom. The summed E-state index contributed by atoms with van der Waals surface area (Å²) in [4.78, 5) is 10.3. The van der Waals surface area contributed by atoms with Crippen LogP contribution in [0.15, 0.2) is 18.2 Å². The summed E-state index contributed by atoms with van der Waals surface area (Å²) in [5, 5.41) is 14.0. The van der Waals surface area contributed by atoms with Crippen molar-refractivity contribution >= 4 is 11.4 Å². The van der Waals surface area contributed by atoms with Crippen LogP contribution in [-0.4, -0.2) is 17.6 Å². The zero-order valence-corrected chi connectivity index (χ0v) is 9.10. The van der Waals surface area contributed by atoms with Crippen LogP contribution >= 0.6 is 0 Å². The number of anilines is 1. The largest absolute Gasteiger partial charge is 0.494 e. The van der Waals surface area contributed by atoms with Gasteiger partial charge in [-0.3, -0.25) is 10.1 Å². The van der Waals surface area contributed by atoms with E-state index in [0.29, 0.717) is 18.4 Å². The molecule has 0 aliphatic heterocycles. The van der Waals surface area contributed by atoms with Crippen LogP contribution in [0.3, 0.4) is 0 Å². The molecule has 0 aromatic heterocycles. The first kappa shape index (κ1) is 10.7. The predicted molar refractivity (Wildman–Crippen MR) is 60.9 cm³/mol. The van der Waals surface area contributed by atoms with Crippen LogP contribution in [0, 0.1) is 10.1 Å².